The van der Waals surface area contributed by atoms with Crippen molar-refractivity contribution >= 4 is 11.8 Å². The van der Waals surface area contributed by atoms with E-state index in [1.54, 1.807) is 0 Å². The topological polar surface area (TPSA) is 76.7 Å². The number of unbranched alkanes of at least 4 members (excludes halogenated alkanes) is 6. The van der Waals surface area contributed by atoms with Crippen molar-refractivity contribution < 1.29 is 19.1 Å². The van der Waals surface area contributed by atoms with Gasteiger partial charge in [-0.3, -0.25) is 9.59 Å². The number of amides is 2. The maximum atomic E-state index is 12.3. The average Bonchev–Trinajstić information content (AvgIpc) is 3.17. The van der Waals surface area contributed by atoms with Gasteiger partial charge in [0.25, 0.3) is 0 Å². The molecular weight excluding hydrogens is 308 g/mol. The molecule has 0 saturated carbocycles. The van der Waals surface area contributed by atoms with Crippen LogP contribution in [-0.4, -0.2) is 43.4 Å². The van der Waals surface area contributed by atoms with Crippen LogP contribution < -0.4 is 10.6 Å². The highest BCUT2D eigenvalue weighted by atomic mass is 16.7. The van der Waals surface area contributed by atoms with Crippen molar-refractivity contribution in [3.8, 4) is 0 Å². The van der Waals surface area contributed by atoms with Crippen LogP contribution in [0.1, 0.15) is 71.1 Å². The zero-order valence-electron chi connectivity index (χ0n) is 14.9. The molecule has 0 aromatic heterocycles. The minimum atomic E-state index is -0.789. The molecule has 0 spiro atoms. The zero-order valence-corrected chi connectivity index (χ0v) is 14.9. The van der Waals surface area contributed by atoms with E-state index in [0.717, 1.165) is 19.3 Å². The lowest BCUT2D eigenvalue weighted by Crippen LogP contribution is -2.44. The predicted octanol–water partition coefficient (Wildman–Crippen LogP) is 2.26. The quantitative estimate of drug-likeness (QED) is 0.566. The van der Waals surface area contributed by atoms with Crippen molar-refractivity contribution in [1.29, 1.82) is 0 Å². The van der Waals surface area contributed by atoms with Gasteiger partial charge in [-0.2, -0.15) is 0 Å². The molecule has 2 amide bonds. The Labute approximate surface area is 145 Å². The Morgan fingerprint density at radius 2 is 1.83 bits per heavy atom. The average molecular weight is 340 g/mol. The van der Waals surface area contributed by atoms with Crippen LogP contribution >= 0.6 is 0 Å². The van der Waals surface area contributed by atoms with Crippen molar-refractivity contribution in [2.75, 3.05) is 19.8 Å². The summed E-state index contributed by atoms with van der Waals surface area (Å²) < 4.78 is 11.5. The first-order chi connectivity index (χ1) is 11.7. The van der Waals surface area contributed by atoms with E-state index in [1.807, 2.05) is 0 Å². The summed E-state index contributed by atoms with van der Waals surface area (Å²) in [7, 11) is 0. The Hall–Kier alpha value is -1.14. The number of ether oxygens (including phenoxy) is 2. The van der Waals surface area contributed by atoms with Gasteiger partial charge >= 0.3 is 0 Å². The fourth-order valence-corrected chi connectivity index (χ4v) is 3.40. The summed E-state index contributed by atoms with van der Waals surface area (Å²) in [4.78, 5) is 23.8. The Kier molecular flexibility index (Phi) is 7.99. The van der Waals surface area contributed by atoms with E-state index in [0.29, 0.717) is 26.2 Å². The van der Waals surface area contributed by atoms with E-state index in [2.05, 4.69) is 17.6 Å². The Balaban J connectivity index is 1.69. The molecule has 2 heterocycles. The SMILES string of the molecule is CCCCCCCCCC1(CC(=O)N[C@H]2CCNC2=O)OCCO1. The highest BCUT2D eigenvalue weighted by Gasteiger charge is 2.39. The number of hydrogen-bond donors (Lipinski definition) is 2. The molecular formula is C18H32N2O4. The standard InChI is InChI=1S/C18H32N2O4/c1-2-3-4-5-6-7-8-10-18(23-12-13-24-18)14-16(21)20-15-9-11-19-17(15)22/h15H,2-14H2,1H3,(H,19,22)(H,20,21)/t15-/m0/s1. The van der Waals surface area contributed by atoms with Gasteiger partial charge in [-0.15, -0.1) is 0 Å². The molecule has 2 fully saturated rings. The van der Waals surface area contributed by atoms with Crippen LogP contribution in [0.5, 0.6) is 0 Å². The summed E-state index contributed by atoms with van der Waals surface area (Å²) in [6.45, 7) is 3.92. The molecule has 138 valence electrons. The van der Waals surface area contributed by atoms with Gasteiger partial charge in [0.1, 0.15) is 6.04 Å². The Morgan fingerprint density at radius 3 is 2.46 bits per heavy atom. The van der Waals surface area contributed by atoms with Crippen molar-refractivity contribution in [1.82, 2.24) is 10.6 Å². The van der Waals surface area contributed by atoms with Crippen LogP contribution in [0.3, 0.4) is 0 Å². The number of hydrogen-bond acceptors (Lipinski definition) is 4. The maximum absolute atomic E-state index is 12.3. The molecule has 1 atom stereocenters. The van der Waals surface area contributed by atoms with Gasteiger partial charge in [-0.1, -0.05) is 45.4 Å². The molecule has 0 aromatic rings. The second kappa shape index (κ2) is 9.99. The van der Waals surface area contributed by atoms with Crippen LogP contribution in [0.25, 0.3) is 0 Å². The molecule has 2 aliphatic heterocycles. The molecule has 2 aliphatic rings. The lowest BCUT2D eigenvalue weighted by Gasteiger charge is -2.27. The third-order valence-corrected chi connectivity index (χ3v) is 4.79. The summed E-state index contributed by atoms with van der Waals surface area (Å²) in [5, 5.41) is 5.52. The maximum Gasteiger partial charge on any atom is 0.242 e. The number of rotatable bonds is 11. The summed E-state index contributed by atoms with van der Waals surface area (Å²) >= 11 is 0. The van der Waals surface area contributed by atoms with Crippen molar-refractivity contribution in [3.63, 3.8) is 0 Å². The van der Waals surface area contributed by atoms with Crippen molar-refractivity contribution in [2.24, 2.45) is 0 Å². The molecule has 0 aliphatic carbocycles. The first-order valence-corrected chi connectivity index (χ1v) is 9.50. The fraction of sp³-hybridized carbons (Fsp3) is 0.889. The summed E-state index contributed by atoms with van der Waals surface area (Å²) in [5.74, 6) is -1.05. The third-order valence-electron chi connectivity index (χ3n) is 4.79. The number of carbonyl (C=O) groups excluding carboxylic acids is 2. The minimum Gasteiger partial charge on any atom is -0.354 e. The molecule has 0 unspecified atom stereocenters. The molecule has 24 heavy (non-hydrogen) atoms. The normalized spacial score (nSPS) is 22.5. The predicted molar refractivity (Wildman–Crippen MR) is 91.4 cm³/mol. The van der Waals surface area contributed by atoms with Crippen LogP contribution in [0.15, 0.2) is 0 Å². The molecule has 2 rings (SSSR count). The van der Waals surface area contributed by atoms with Crippen LogP contribution in [0.2, 0.25) is 0 Å². The lowest BCUT2D eigenvalue weighted by molar-refractivity contribution is -0.174. The fourth-order valence-electron chi connectivity index (χ4n) is 3.40. The largest absolute Gasteiger partial charge is 0.354 e. The minimum absolute atomic E-state index is 0.0993. The summed E-state index contributed by atoms with van der Waals surface area (Å²) in [5.41, 5.74) is 0. The van der Waals surface area contributed by atoms with Gasteiger partial charge in [-0.05, 0) is 12.8 Å². The van der Waals surface area contributed by atoms with E-state index in [1.165, 1.54) is 32.1 Å². The Bertz CT molecular complexity index is 408. The van der Waals surface area contributed by atoms with Gasteiger partial charge in [0.15, 0.2) is 5.79 Å². The van der Waals surface area contributed by atoms with E-state index in [9.17, 15) is 9.59 Å². The van der Waals surface area contributed by atoms with Crippen molar-refractivity contribution in [3.05, 3.63) is 0 Å². The van der Waals surface area contributed by atoms with Gasteiger partial charge in [-0.25, -0.2) is 0 Å². The highest BCUT2D eigenvalue weighted by Crippen LogP contribution is 2.30. The summed E-state index contributed by atoms with van der Waals surface area (Å²) in [6, 6.07) is -0.408. The zero-order chi connectivity index (χ0) is 17.3. The van der Waals surface area contributed by atoms with E-state index in [-0.39, 0.29) is 18.2 Å². The molecule has 0 radical (unpaired) electrons. The van der Waals surface area contributed by atoms with Gasteiger partial charge in [0.2, 0.25) is 11.8 Å². The smallest absolute Gasteiger partial charge is 0.242 e. The van der Waals surface area contributed by atoms with E-state index < -0.39 is 11.8 Å². The first-order valence-electron chi connectivity index (χ1n) is 9.50. The third kappa shape index (κ3) is 6.06. The molecule has 2 N–H and O–H groups in total. The van der Waals surface area contributed by atoms with Crippen LogP contribution in [0, 0.1) is 0 Å². The molecule has 2 saturated heterocycles. The molecule has 6 nitrogen and oxygen atoms in total. The molecule has 0 bridgehead atoms. The number of nitrogens with one attached hydrogen (secondary N) is 2. The van der Waals surface area contributed by atoms with E-state index in [4.69, 9.17) is 9.47 Å². The summed E-state index contributed by atoms with van der Waals surface area (Å²) in [6.07, 6.45) is 10.1. The Morgan fingerprint density at radius 1 is 1.17 bits per heavy atom. The monoisotopic (exact) mass is 340 g/mol. The van der Waals surface area contributed by atoms with Gasteiger partial charge in [0, 0.05) is 13.0 Å². The van der Waals surface area contributed by atoms with E-state index >= 15 is 0 Å². The van der Waals surface area contributed by atoms with Gasteiger partial charge < -0.3 is 20.1 Å². The molecule has 0 aromatic carbocycles. The second-order valence-corrected chi connectivity index (χ2v) is 6.86. The lowest BCUT2D eigenvalue weighted by atomic mass is 10.0. The first kappa shape index (κ1) is 19.2. The van der Waals surface area contributed by atoms with Gasteiger partial charge in [0.05, 0.1) is 19.6 Å². The van der Waals surface area contributed by atoms with Crippen molar-refractivity contribution in [2.45, 2.75) is 83.0 Å². The van der Waals surface area contributed by atoms with Crippen LogP contribution in [0.4, 0.5) is 0 Å². The second-order valence-electron chi connectivity index (χ2n) is 6.86. The molecule has 6 heteroatoms. The number of carbonyl (C=O) groups is 2. The van der Waals surface area contributed by atoms with Crippen LogP contribution in [-0.2, 0) is 19.1 Å². The highest BCUT2D eigenvalue weighted by molar-refractivity contribution is 5.89.